The number of ether oxygens (including phenoxy) is 4. The first-order chi connectivity index (χ1) is 17.5. The fourth-order valence-electron chi connectivity index (χ4n) is 6.75. The number of esters is 3. The van der Waals surface area contributed by atoms with Gasteiger partial charge in [0.1, 0.15) is 0 Å². The Balaban J connectivity index is 2.39. The summed E-state index contributed by atoms with van der Waals surface area (Å²) in [6.45, 7) is 9.64. The Kier molecular flexibility index (Phi) is 8.68. The first kappa shape index (κ1) is 30.5. The van der Waals surface area contributed by atoms with Crippen molar-refractivity contribution >= 4 is 32.3 Å². The molecule has 1 aliphatic heterocycles. The third-order valence-corrected chi connectivity index (χ3v) is 8.19. The van der Waals surface area contributed by atoms with E-state index < -0.39 is 77.1 Å². The van der Waals surface area contributed by atoms with Gasteiger partial charge in [0, 0.05) is 0 Å². The molecule has 209 valence electrons. The molecule has 0 aromatic heterocycles. The van der Waals surface area contributed by atoms with Crippen LogP contribution in [0.3, 0.4) is 0 Å². The van der Waals surface area contributed by atoms with Crippen molar-refractivity contribution in [1.82, 2.24) is 0 Å². The van der Waals surface area contributed by atoms with E-state index in [0.717, 1.165) is 13.9 Å². The Hall–Kier alpha value is -2.08. The van der Waals surface area contributed by atoms with E-state index in [0.29, 0.717) is 5.57 Å². The van der Waals surface area contributed by atoms with Gasteiger partial charge in [-0.2, -0.15) is 0 Å². The van der Waals surface area contributed by atoms with E-state index >= 15 is 0 Å². The van der Waals surface area contributed by atoms with Crippen LogP contribution in [0.25, 0.3) is 0 Å². The summed E-state index contributed by atoms with van der Waals surface area (Å²) in [4.78, 5) is 36.8. The van der Waals surface area contributed by atoms with Crippen LogP contribution in [0.1, 0.15) is 61.3 Å². The van der Waals surface area contributed by atoms with Gasteiger partial charge in [0.05, 0.1) is 0 Å². The Labute approximate surface area is 224 Å². The molecular formula is C25H37B2O11. The fourth-order valence-corrected chi connectivity index (χ4v) is 6.75. The molecule has 2 aliphatic carbocycles. The van der Waals surface area contributed by atoms with Gasteiger partial charge in [0.2, 0.25) is 0 Å². The number of carbonyl (C=O) groups excluding carboxylic acids is 3. The van der Waals surface area contributed by atoms with Crippen molar-refractivity contribution in [2.24, 2.45) is 11.3 Å². The van der Waals surface area contributed by atoms with Gasteiger partial charge in [-0.3, -0.25) is 0 Å². The molecule has 1 saturated heterocycles. The number of hydrogen-bond acceptors (Lipinski definition) is 11. The van der Waals surface area contributed by atoms with E-state index in [9.17, 15) is 29.7 Å². The van der Waals surface area contributed by atoms with Gasteiger partial charge < -0.3 is 0 Å². The molecule has 11 nitrogen and oxygen atoms in total. The summed E-state index contributed by atoms with van der Waals surface area (Å²) in [6, 6.07) is 0. The molecule has 0 aromatic rings. The van der Waals surface area contributed by atoms with Gasteiger partial charge >= 0.3 is 224 Å². The first-order valence-corrected chi connectivity index (χ1v) is 12.6. The SMILES string of the molecule is [B]=BO[C@@H]1C[C@H](OC(C)=O)/C(C)=C(\C(C)(C)O)[C@@H](OC(C)=O)[C@H](O)[C@@]2(C)[C@H]1[C@]1(OC(C)=O)CO[C@@H]1C[C@@H]2O. The van der Waals surface area contributed by atoms with Crippen molar-refractivity contribution in [2.45, 2.75) is 109 Å². The van der Waals surface area contributed by atoms with Crippen LogP contribution >= 0.6 is 0 Å². The van der Waals surface area contributed by atoms with Crippen LogP contribution in [-0.4, -0.2) is 102 Å². The second-order valence-electron chi connectivity index (χ2n) is 11.2. The first-order valence-electron chi connectivity index (χ1n) is 12.6. The third-order valence-electron chi connectivity index (χ3n) is 8.19. The summed E-state index contributed by atoms with van der Waals surface area (Å²) in [5, 5.41) is 34.9. The molecule has 0 unspecified atom stereocenters. The van der Waals surface area contributed by atoms with Crippen molar-refractivity contribution in [3.8, 4) is 0 Å². The molecular weight excluding hydrogens is 498 g/mol. The van der Waals surface area contributed by atoms with Gasteiger partial charge in [-0.15, -0.1) is 0 Å². The Morgan fingerprint density at radius 2 is 1.68 bits per heavy atom. The fraction of sp³-hybridized carbons (Fsp3) is 0.800. The van der Waals surface area contributed by atoms with Crippen molar-refractivity contribution in [3.05, 3.63) is 11.1 Å². The molecule has 1 heterocycles. The molecule has 3 aliphatic rings. The van der Waals surface area contributed by atoms with Crippen molar-refractivity contribution < 1.29 is 53.3 Å². The summed E-state index contributed by atoms with van der Waals surface area (Å²) in [6.07, 6.45) is -7.17. The number of aliphatic hydroxyl groups excluding tert-OH is 2. The molecule has 3 rings (SSSR count). The zero-order valence-corrected chi connectivity index (χ0v) is 22.9. The molecule has 9 atom stereocenters. The second kappa shape index (κ2) is 10.8. The van der Waals surface area contributed by atoms with Crippen LogP contribution in [0.5, 0.6) is 0 Å². The van der Waals surface area contributed by atoms with Crippen LogP contribution in [-0.2, 0) is 38.0 Å². The number of carbonyl (C=O) groups is 3. The van der Waals surface area contributed by atoms with Gasteiger partial charge in [0.25, 0.3) is 0 Å². The Morgan fingerprint density at radius 1 is 1.08 bits per heavy atom. The molecule has 13 heteroatoms. The predicted octanol–water partition coefficient (Wildman–Crippen LogP) is -0.122. The van der Waals surface area contributed by atoms with Gasteiger partial charge in [-0.1, -0.05) is 0 Å². The summed E-state index contributed by atoms with van der Waals surface area (Å²) in [7, 11) is 6.64. The van der Waals surface area contributed by atoms with Crippen LogP contribution < -0.4 is 0 Å². The summed E-state index contributed by atoms with van der Waals surface area (Å²) < 4.78 is 28.7. The number of hydrogen-bond donors (Lipinski definition) is 3. The molecule has 2 fully saturated rings. The topological polar surface area (TPSA) is 158 Å². The second-order valence-corrected chi connectivity index (χ2v) is 11.2. The monoisotopic (exact) mass is 535 g/mol. The number of rotatable bonds is 6. The van der Waals surface area contributed by atoms with Crippen molar-refractivity contribution in [2.75, 3.05) is 6.61 Å². The maximum absolute atomic E-state index is 12.3. The quantitative estimate of drug-likeness (QED) is 0.180. The molecule has 0 spiro atoms. The normalized spacial score (nSPS) is 40.9. The summed E-state index contributed by atoms with van der Waals surface area (Å²) in [5.74, 6) is -2.97. The minimum absolute atomic E-state index is 0.00286. The molecule has 0 bridgehead atoms. The van der Waals surface area contributed by atoms with E-state index in [1.807, 2.05) is 0 Å². The summed E-state index contributed by atoms with van der Waals surface area (Å²) >= 11 is 0. The van der Waals surface area contributed by atoms with Gasteiger partial charge in [-0.25, -0.2) is 0 Å². The molecule has 3 N–H and O–H groups in total. The van der Waals surface area contributed by atoms with Crippen LogP contribution in [0.4, 0.5) is 0 Å². The third kappa shape index (κ3) is 5.22. The molecule has 0 aromatic carbocycles. The average Bonchev–Trinajstić information content (AvgIpc) is 2.78. The zero-order chi connectivity index (χ0) is 28.8. The maximum atomic E-state index is 12.3. The van der Waals surface area contributed by atoms with Crippen molar-refractivity contribution in [3.63, 3.8) is 0 Å². The average molecular weight is 535 g/mol. The van der Waals surface area contributed by atoms with Crippen LogP contribution in [0.15, 0.2) is 11.1 Å². The number of fused-ring (bicyclic) bond motifs is 3. The Morgan fingerprint density at radius 3 is 2.13 bits per heavy atom. The van der Waals surface area contributed by atoms with E-state index in [-0.39, 0.29) is 25.0 Å². The van der Waals surface area contributed by atoms with Crippen LogP contribution in [0, 0.1) is 11.3 Å². The van der Waals surface area contributed by atoms with Crippen molar-refractivity contribution in [1.29, 1.82) is 0 Å². The van der Waals surface area contributed by atoms with Crippen LogP contribution in [0.2, 0.25) is 0 Å². The Bertz CT molecular complexity index is 1010. The van der Waals surface area contributed by atoms with Gasteiger partial charge in [0.15, 0.2) is 0 Å². The molecule has 0 amide bonds. The van der Waals surface area contributed by atoms with E-state index in [1.165, 1.54) is 27.7 Å². The van der Waals surface area contributed by atoms with E-state index in [4.69, 9.17) is 31.0 Å². The van der Waals surface area contributed by atoms with Gasteiger partial charge in [-0.05, 0) is 0 Å². The zero-order valence-electron chi connectivity index (χ0n) is 22.9. The molecule has 1 saturated carbocycles. The van der Waals surface area contributed by atoms with E-state index in [1.54, 1.807) is 13.8 Å². The minimum atomic E-state index is -1.66. The molecule has 38 heavy (non-hydrogen) atoms. The predicted molar refractivity (Wildman–Crippen MR) is 134 cm³/mol. The standard InChI is InChI=1S/C25H37B2O11/c1-11-15(35-12(2)28)8-16(38-27-26)21-24(7,17(31)9-18-25(21,10-34-18)37-14(4)30)22(32)20(36-13(3)29)19(11)23(5,6)33/h15-18,20-22,31-33H,8-10H2,1-7H3/b19-11-/t15-,16+,17-,18+,20+,21-,22-,24+,25-/m0/s1. The number of aliphatic hydroxyl groups is 3. The summed E-state index contributed by atoms with van der Waals surface area (Å²) in [5.41, 5.74) is -4.15. The molecule has 1 radical (unpaired) electrons. The van der Waals surface area contributed by atoms with E-state index in [2.05, 4.69) is 0 Å².